The molecule has 6 nitrogen and oxygen atoms in total. The summed E-state index contributed by atoms with van der Waals surface area (Å²) in [6.45, 7) is 2.62. The highest BCUT2D eigenvalue weighted by atomic mass is 32.2. The molecule has 2 aromatic rings. The van der Waals surface area contributed by atoms with Crippen LogP contribution in [0, 0.1) is 0 Å². The number of anilines is 2. The van der Waals surface area contributed by atoms with Crippen LogP contribution in [0.15, 0.2) is 48.5 Å². The van der Waals surface area contributed by atoms with E-state index in [0.717, 1.165) is 37.1 Å². The Bertz CT molecular complexity index is 985. The van der Waals surface area contributed by atoms with E-state index in [1.165, 1.54) is 23.2 Å². The second-order valence-electron chi connectivity index (χ2n) is 7.61. The molecule has 2 N–H and O–H groups in total. The Morgan fingerprint density at radius 1 is 1.17 bits per heavy atom. The topological polar surface area (TPSA) is 70.7 Å². The van der Waals surface area contributed by atoms with Crippen LogP contribution < -0.4 is 19.7 Å². The minimum atomic E-state index is -3.33. The van der Waals surface area contributed by atoms with E-state index in [-0.39, 0.29) is 5.54 Å². The highest BCUT2D eigenvalue weighted by Crippen LogP contribution is 2.39. The molecule has 1 saturated carbocycles. The predicted octanol–water partition coefficient (Wildman–Crippen LogP) is 4.24. The van der Waals surface area contributed by atoms with Crippen LogP contribution in [-0.4, -0.2) is 33.4 Å². The predicted molar refractivity (Wildman–Crippen MR) is 127 cm³/mol. The van der Waals surface area contributed by atoms with Gasteiger partial charge in [-0.2, -0.15) is 0 Å². The zero-order chi connectivity index (χ0) is 21.8. The number of hydrogen-bond acceptors (Lipinski definition) is 4. The van der Waals surface area contributed by atoms with Crippen molar-refractivity contribution in [3.63, 3.8) is 0 Å². The third-order valence-corrected chi connectivity index (χ3v) is 6.90. The standard InChI is InChI=1S/C22H29N3O3S2/c1-4-28-20-12-10-17(11-13-20)22(14-5-6-15-22)24-21(29)23-18-8-7-9-19(16-18)25(2)30(3,26)27/h7-13,16H,4-6,14-15H2,1-3H3,(H2,23,24,29). The Morgan fingerprint density at radius 2 is 1.83 bits per heavy atom. The number of hydrogen-bond donors (Lipinski definition) is 2. The highest BCUT2D eigenvalue weighted by Gasteiger charge is 2.36. The van der Waals surface area contributed by atoms with Crippen molar-refractivity contribution in [3.8, 4) is 5.75 Å². The first-order valence-corrected chi connectivity index (χ1v) is 12.4. The molecule has 1 fully saturated rings. The third kappa shape index (κ3) is 5.23. The maximum atomic E-state index is 11.8. The lowest BCUT2D eigenvalue weighted by atomic mass is 9.88. The van der Waals surface area contributed by atoms with Gasteiger partial charge >= 0.3 is 0 Å². The number of sulfonamides is 1. The van der Waals surface area contributed by atoms with Crippen LogP contribution in [0.2, 0.25) is 0 Å². The Balaban J connectivity index is 1.75. The molecule has 8 heteroatoms. The number of nitrogens with zero attached hydrogens (tertiary/aromatic N) is 1. The van der Waals surface area contributed by atoms with Gasteiger partial charge < -0.3 is 15.4 Å². The molecule has 0 atom stereocenters. The molecule has 0 amide bonds. The lowest BCUT2D eigenvalue weighted by molar-refractivity contribution is 0.339. The molecule has 0 aliphatic heterocycles. The van der Waals surface area contributed by atoms with Crippen LogP contribution in [0.1, 0.15) is 38.2 Å². The molecule has 0 spiro atoms. The summed E-state index contributed by atoms with van der Waals surface area (Å²) in [5.41, 5.74) is 2.29. The van der Waals surface area contributed by atoms with Crippen molar-refractivity contribution in [1.82, 2.24) is 5.32 Å². The summed E-state index contributed by atoms with van der Waals surface area (Å²) in [5, 5.41) is 7.27. The lowest BCUT2D eigenvalue weighted by Crippen LogP contribution is -2.45. The molecule has 0 bridgehead atoms. The molecule has 0 saturated heterocycles. The van der Waals surface area contributed by atoms with Crippen LogP contribution in [0.25, 0.3) is 0 Å². The Hall–Kier alpha value is -2.32. The minimum Gasteiger partial charge on any atom is -0.494 e. The van der Waals surface area contributed by atoms with E-state index < -0.39 is 10.0 Å². The zero-order valence-electron chi connectivity index (χ0n) is 17.6. The third-order valence-electron chi connectivity index (χ3n) is 5.49. The van der Waals surface area contributed by atoms with Gasteiger partial charge in [0.25, 0.3) is 0 Å². The molecule has 0 radical (unpaired) electrons. The van der Waals surface area contributed by atoms with Crippen LogP contribution in [0.3, 0.4) is 0 Å². The van der Waals surface area contributed by atoms with Crippen LogP contribution in [-0.2, 0) is 15.6 Å². The number of rotatable bonds is 7. The van der Waals surface area contributed by atoms with Gasteiger partial charge in [0.2, 0.25) is 10.0 Å². The van der Waals surface area contributed by atoms with Crippen molar-refractivity contribution in [1.29, 1.82) is 0 Å². The number of thiocarbonyl (C=S) groups is 1. The van der Waals surface area contributed by atoms with Crippen LogP contribution in [0.4, 0.5) is 11.4 Å². The second-order valence-corrected chi connectivity index (χ2v) is 10.0. The summed E-state index contributed by atoms with van der Waals surface area (Å²) in [5.74, 6) is 0.863. The molecule has 0 unspecified atom stereocenters. The Kier molecular flexibility index (Phi) is 6.88. The number of nitrogens with one attached hydrogen (secondary N) is 2. The van der Waals surface area contributed by atoms with Gasteiger partial charge in [-0.05, 0) is 67.9 Å². The second kappa shape index (κ2) is 9.22. The maximum Gasteiger partial charge on any atom is 0.231 e. The van der Waals surface area contributed by atoms with Gasteiger partial charge in [0.1, 0.15) is 5.75 Å². The molecule has 162 valence electrons. The van der Waals surface area contributed by atoms with E-state index in [1.54, 1.807) is 18.2 Å². The van der Waals surface area contributed by atoms with Crippen molar-refractivity contribution in [3.05, 3.63) is 54.1 Å². The van der Waals surface area contributed by atoms with Gasteiger partial charge in [0.05, 0.1) is 24.1 Å². The van der Waals surface area contributed by atoms with E-state index in [4.69, 9.17) is 17.0 Å². The molecule has 30 heavy (non-hydrogen) atoms. The summed E-state index contributed by atoms with van der Waals surface area (Å²) in [6, 6.07) is 15.4. The highest BCUT2D eigenvalue weighted by molar-refractivity contribution is 7.92. The first-order chi connectivity index (χ1) is 14.2. The van der Waals surface area contributed by atoms with E-state index in [0.29, 0.717) is 17.4 Å². The molecule has 2 aromatic carbocycles. The fraction of sp³-hybridized carbons (Fsp3) is 0.409. The molecule has 3 rings (SSSR count). The van der Waals surface area contributed by atoms with Crippen molar-refractivity contribution in [2.75, 3.05) is 29.5 Å². The average Bonchev–Trinajstić information content (AvgIpc) is 3.17. The van der Waals surface area contributed by atoms with Crippen molar-refractivity contribution in [2.24, 2.45) is 0 Å². The van der Waals surface area contributed by atoms with Gasteiger partial charge in [0, 0.05) is 12.7 Å². The molecule has 1 aliphatic rings. The van der Waals surface area contributed by atoms with Gasteiger partial charge in [-0.3, -0.25) is 4.31 Å². The van der Waals surface area contributed by atoms with Crippen molar-refractivity contribution in [2.45, 2.75) is 38.1 Å². The van der Waals surface area contributed by atoms with E-state index >= 15 is 0 Å². The molecule has 0 aromatic heterocycles. The van der Waals surface area contributed by atoms with Crippen LogP contribution in [0.5, 0.6) is 5.75 Å². The Morgan fingerprint density at radius 3 is 2.43 bits per heavy atom. The van der Waals surface area contributed by atoms with Gasteiger partial charge in [0.15, 0.2) is 5.11 Å². The minimum absolute atomic E-state index is 0.212. The largest absolute Gasteiger partial charge is 0.494 e. The Labute approximate surface area is 184 Å². The average molecular weight is 448 g/mol. The normalized spacial score (nSPS) is 15.4. The summed E-state index contributed by atoms with van der Waals surface area (Å²) < 4.78 is 30.4. The van der Waals surface area contributed by atoms with Crippen molar-refractivity contribution < 1.29 is 13.2 Å². The molecule has 0 heterocycles. The van der Waals surface area contributed by atoms with E-state index in [1.807, 2.05) is 25.1 Å². The summed E-state index contributed by atoms with van der Waals surface area (Å²) >= 11 is 5.62. The van der Waals surface area contributed by atoms with E-state index in [2.05, 4.69) is 22.8 Å². The zero-order valence-corrected chi connectivity index (χ0v) is 19.3. The van der Waals surface area contributed by atoms with Gasteiger partial charge in [-0.15, -0.1) is 0 Å². The first-order valence-electron chi connectivity index (χ1n) is 10.1. The number of benzene rings is 2. The smallest absolute Gasteiger partial charge is 0.231 e. The maximum absolute atomic E-state index is 11.8. The summed E-state index contributed by atoms with van der Waals surface area (Å²) in [7, 11) is -1.79. The number of ether oxygens (including phenoxy) is 1. The quantitative estimate of drug-likeness (QED) is 0.619. The SMILES string of the molecule is CCOc1ccc(C2(NC(=S)Nc3cccc(N(C)S(C)(=O)=O)c3)CCCC2)cc1. The van der Waals surface area contributed by atoms with E-state index in [9.17, 15) is 8.42 Å². The summed E-state index contributed by atoms with van der Waals surface area (Å²) in [4.78, 5) is 0. The lowest BCUT2D eigenvalue weighted by Gasteiger charge is -2.32. The van der Waals surface area contributed by atoms with Crippen molar-refractivity contribution >= 4 is 38.7 Å². The monoisotopic (exact) mass is 447 g/mol. The molecule has 1 aliphatic carbocycles. The fourth-order valence-corrected chi connectivity index (χ4v) is 4.66. The summed E-state index contributed by atoms with van der Waals surface area (Å²) in [6.07, 6.45) is 5.45. The van der Waals surface area contributed by atoms with Crippen LogP contribution >= 0.6 is 12.2 Å². The molecular weight excluding hydrogens is 418 g/mol. The van der Waals surface area contributed by atoms with Gasteiger partial charge in [-0.1, -0.05) is 31.0 Å². The molecular formula is C22H29N3O3S2. The fourth-order valence-electron chi connectivity index (χ4n) is 3.85. The first kappa shape index (κ1) is 22.4. The van der Waals surface area contributed by atoms with Gasteiger partial charge in [-0.25, -0.2) is 8.42 Å².